The van der Waals surface area contributed by atoms with Crippen LogP contribution in [0, 0.1) is 6.92 Å². The van der Waals surface area contributed by atoms with Crippen LogP contribution >= 0.6 is 0 Å². The largest absolute Gasteiger partial charge is 0.379 e. The van der Waals surface area contributed by atoms with Gasteiger partial charge in [0.1, 0.15) is 0 Å². The van der Waals surface area contributed by atoms with Crippen LogP contribution in [0.1, 0.15) is 27.5 Å². The first-order chi connectivity index (χ1) is 11.7. The topological polar surface area (TPSA) is 41.6 Å². The van der Waals surface area contributed by atoms with E-state index in [0.717, 1.165) is 26.3 Å². The van der Waals surface area contributed by atoms with E-state index in [4.69, 9.17) is 4.74 Å². The van der Waals surface area contributed by atoms with Crippen molar-refractivity contribution in [3.63, 3.8) is 0 Å². The van der Waals surface area contributed by atoms with Crippen molar-refractivity contribution in [3.8, 4) is 0 Å². The number of amides is 1. The molecule has 0 radical (unpaired) electrons. The maximum atomic E-state index is 12.4. The second-order valence-corrected chi connectivity index (χ2v) is 6.15. The number of hydrogen-bond donors (Lipinski definition) is 1. The SMILES string of the molecule is Cc1ccc(C(CNC(=O)c2ccccc2)N2CCOCC2)cc1. The molecular weight excluding hydrogens is 300 g/mol. The minimum Gasteiger partial charge on any atom is -0.379 e. The summed E-state index contributed by atoms with van der Waals surface area (Å²) < 4.78 is 5.47. The molecule has 1 saturated heterocycles. The van der Waals surface area contributed by atoms with Gasteiger partial charge in [0.05, 0.1) is 19.3 Å². The van der Waals surface area contributed by atoms with Crippen molar-refractivity contribution in [2.75, 3.05) is 32.8 Å². The summed E-state index contributed by atoms with van der Waals surface area (Å²) >= 11 is 0. The van der Waals surface area contributed by atoms with Crippen molar-refractivity contribution in [2.45, 2.75) is 13.0 Å². The first-order valence-corrected chi connectivity index (χ1v) is 8.45. The van der Waals surface area contributed by atoms with Crippen molar-refractivity contribution in [3.05, 3.63) is 71.3 Å². The number of carbonyl (C=O) groups is 1. The molecule has 0 spiro atoms. The molecule has 3 rings (SSSR count). The molecule has 0 bridgehead atoms. The predicted molar refractivity (Wildman–Crippen MR) is 95.1 cm³/mol. The Balaban J connectivity index is 1.72. The molecule has 4 heteroatoms. The van der Waals surface area contributed by atoms with Gasteiger partial charge in [-0.25, -0.2) is 0 Å². The Hall–Kier alpha value is -2.17. The molecule has 1 fully saturated rings. The molecule has 2 aromatic rings. The van der Waals surface area contributed by atoms with E-state index < -0.39 is 0 Å². The van der Waals surface area contributed by atoms with E-state index in [1.807, 2.05) is 30.3 Å². The molecule has 1 unspecified atom stereocenters. The van der Waals surface area contributed by atoms with Gasteiger partial charge in [-0.2, -0.15) is 0 Å². The molecule has 1 atom stereocenters. The fraction of sp³-hybridized carbons (Fsp3) is 0.350. The fourth-order valence-electron chi connectivity index (χ4n) is 3.02. The number of hydrogen-bond acceptors (Lipinski definition) is 3. The molecule has 126 valence electrons. The van der Waals surface area contributed by atoms with Crippen LogP contribution in [0.15, 0.2) is 54.6 Å². The number of nitrogens with zero attached hydrogens (tertiary/aromatic N) is 1. The quantitative estimate of drug-likeness (QED) is 0.919. The van der Waals surface area contributed by atoms with E-state index in [2.05, 4.69) is 41.4 Å². The van der Waals surface area contributed by atoms with E-state index in [1.54, 1.807) is 0 Å². The molecule has 1 amide bonds. The lowest BCUT2D eigenvalue weighted by atomic mass is 10.0. The number of rotatable bonds is 5. The first-order valence-electron chi connectivity index (χ1n) is 8.45. The molecular formula is C20H24N2O2. The van der Waals surface area contributed by atoms with Gasteiger partial charge in [-0.1, -0.05) is 48.0 Å². The van der Waals surface area contributed by atoms with E-state index in [0.29, 0.717) is 12.1 Å². The molecule has 1 heterocycles. The second-order valence-electron chi connectivity index (χ2n) is 6.15. The van der Waals surface area contributed by atoms with Crippen LogP contribution in [0.3, 0.4) is 0 Å². The average molecular weight is 324 g/mol. The van der Waals surface area contributed by atoms with Gasteiger partial charge in [-0.3, -0.25) is 9.69 Å². The van der Waals surface area contributed by atoms with Crippen molar-refractivity contribution >= 4 is 5.91 Å². The monoisotopic (exact) mass is 324 g/mol. The summed E-state index contributed by atoms with van der Waals surface area (Å²) in [5.41, 5.74) is 3.17. The lowest BCUT2D eigenvalue weighted by molar-refractivity contribution is 0.0162. The Labute approximate surface area is 143 Å². The number of carbonyl (C=O) groups excluding carboxylic acids is 1. The van der Waals surface area contributed by atoms with Crippen LogP contribution < -0.4 is 5.32 Å². The number of aryl methyl sites for hydroxylation is 1. The van der Waals surface area contributed by atoms with Gasteiger partial charge in [-0.05, 0) is 24.6 Å². The van der Waals surface area contributed by atoms with Gasteiger partial charge >= 0.3 is 0 Å². The maximum absolute atomic E-state index is 12.4. The Morgan fingerprint density at radius 1 is 1.08 bits per heavy atom. The van der Waals surface area contributed by atoms with Crippen molar-refractivity contribution in [1.82, 2.24) is 10.2 Å². The molecule has 2 aromatic carbocycles. The summed E-state index contributed by atoms with van der Waals surface area (Å²) in [6.07, 6.45) is 0. The van der Waals surface area contributed by atoms with Crippen molar-refractivity contribution in [2.24, 2.45) is 0 Å². The molecule has 0 aromatic heterocycles. The Morgan fingerprint density at radius 3 is 2.42 bits per heavy atom. The highest BCUT2D eigenvalue weighted by Crippen LogP contribution is 2.22. The third-order valence-electron chi connectivity index (χ3n) is 4.44. The third-order valence-corrected chi connectivity index (χ3v) is 4.44. The zero-order valence-electron chi connectivity index (χ0n) is 14.1. The van der Waals surface area contributed by atoms with Crippen LogP contribution in [-0.4, -0.2) is 43.7 Å². The Morgan fingerprint density at radius 2 is 1.75 bits per heavy atom. The summed E-state index contributed by atoms with van der Waals surface area (Å²) in [6, 6.07) is 18.1. The number of ether oxygens (including phenoxy) is 1. The standard InChI is InChI=1S/C20H24N2O2/c1-16-7-9-17(10-8-16)19(22-11-13-24-14-12-22)15-21-20(23)18-5-3-2-4-6-18/h2-10,19H,11-15H2,1H3,(H,21,23). The molecule has 0 saturated carbocycles. The van der Waals surface area contributed by atoms with Gasteiger partial charge in [-0.15, -0.1) is 0 Å². The van der Waals surface area contributed by atoms with E-state index in [9.17, 15) is 4.79 Å². The summed E-state index contributed by atoms with van der Waals surface area (Å²) in [4.78, 5) is 14.8. The third kappa shape index (κ3) is 4.22. The maximum Gasteiger partial charge on any atom is 0.251 e. The zero-order chi connectivity index (χ0) is 16.8. The highest BCUT2D eigenvalue weighted by Gasteiger charge is 2.23. The fourth-order valence-corrected chi connectivity index (χ4v) is 3.02. The Bertz CT molecular complexity index is 649. The summed E-state index contributed by atoms with van der Waals surface area (Å²) in [5, 5.41) is 3.09. The van der Waals surface area contributed by atoms with Gasteiger partial charge in [0.25, 0.3) is 5.91 Å². The number of nitrogens with one attached hydrogen (secondary N) is 1. The first kappa shape index (κ1) is 16.7. The molecule has 1 aliphatic rings. The lowest BCUT2D eigenvalue weighted by Gasteiger charge is -2.35. The average Bonchev–Trinajstić information content (AvgIpc) is 2.65. The number of benzene rings is 2. The summed E-state index contributed by atoms with van der Waals surface area (Å²) in [6.45, 7) is 5.95. The van der Waals surface area contributed by atoms with Crippen molar-refractivity contribution < 1.29 is 9.53 Å². The second kappa shape index (κ2) is 8.08. The van der Waals surface area contributed by atoms with Crippen LogP contribution in [0.4, 0.5) is 0 Å². The minimum atomic E-state index is -0.0269. The summed E-state index contributed by atoms with van der Waals surface area (Å²) in [5.74, 6) is -0.0269. The summed E-state index contributed by atoms with van der Waals surface area (Å²) in [7, 11) is 0. The predicted octanol–water partition coefficient (Wildman–Crippen LogP) is 2.80. The normalized spacial score (nSPS) is 16.5. The molecule has 1 aliphatic heterocycles. The van der Waals surface area contributed by atoms with Gasteiger partial charge < -0.3 is 10.1 Å². The smallest absolute Gasteiger partial charge is 0.251 e. The highest BCUT2D eigenvalue weighted by atomic mass is 16.5. The van der Waals surface area contributed by atoms with Crippen LogP contribution in [0.25, 0.3) is 0 Å². The van der Waals surface area contributed by atoms with E-state index >= 15 is 0 Å². The van der Waals surface area contributed by atoms with E-state index in [1.165, 1.54) is 11.1 Å². The van der Waals surface area contributed by atoms with Gasteiger partial charge in [0, 0.05) is 25.2 Å². The Kier molecular flexibility index (Phi) is 5.62. The van der Waals surface area contributed by atoms with Crippen LogP contribution in [0.5, 0.6) is 0 Å². The lowest BCUT2D eigenvalue weighted by Crippen LogP contribution is -2.43. The highest BCUT2D eigenvalue weighted by molar-refractivity contribution is 5.94. The van der Waals surface area contributed by atoms with Gasteiger partial charge in [0.15, 0.2) is 0 Å². The minimum absolute atomic E-state index is 0.0269. The van der Waals surface area contributed by atoms with Crippen LogP contribution in [0.2, 0.25) is 0 Å². The molecule has 1 N–H and O–H groups in total. The number of morpholine rings is 1. The molecule has 0 aliphatic carbocycles. The van der Waals surface area contributed by atoms with E-state index in [-0.39, 0.29) is 11.9 Å². The van der Waals surface area contributed by atoms with Crippen LogP contribution in [-0.2, 0) is 4.74 Å². The molecule has 4 nitrogen and oxygen atoms in total. The van der Waals surface area contributed by atoms with Crippen molar-refractivity contribution in [1.29, 1.82) is 0 Å². The van der Waals surface area contributed by atoms with Gasteiger partial charge in [0.2, 0.25) is 0 Å². The molecule has 24 heavy (non-hydrogen) atoms. The zero-order valence-corrected chi connectivity index (χ0v) is 14.1.